The molecule has 18 heavy (non-hydrogen) atoms. The summed E-state index contributed by atoms with van der Waals surface area (Å²) in [5.41, 5.74) is 10.2. The molecule has 2 atom stereocenters. The molecule has 0 aliphatic heterocycles. The third-order valence-electron chi connectivity index (χ3n) is 2.93. The lowest BCUT2D eigenvalue weighted by molar-refractivity contribution is 0.209. The van der Waals surface area contributed by atoms with E-state index in [2.05, 4.69) is 27.4 Å². The van der Waals surface area contributed by atoms with Gasteiger partial charge in [0.15, 0.2) is 0 Å². The Balaban J connectivity index is 2.15. The predicted octanol–water partition coefficient (Wildman–Crippen LogP) is 1.40. The predicted molar refractivity (Wildman–Crippen MR) is 73.2 cm³/mol. The van der Waals surface area contributed by atoms with E-state index in [0.29, 0.717) is 0 Å². The Labute approximate surface area is 111 Å². The monoisotopic (exact) mass is 265 g/mol. The minimum Gasteiger partial charge on any atom is -0.326 e. The second-order valence-electron chi connectivity index (χ2n) is 4.65. The van der Waals surface area contributed by atoms with Gasteiger partial charge >= 0.3 is 0 Å². The van der Waals surface area contributed by atoms with Crippen LogP contribution in [0.25, 0.3) is 0 Å². The van der Waals surface area contributed by atoms with E-state index in [1.165, 1.54) is 0 Å². The normalized spacial score (nSPS) is 14.9. The van der Waals surface area contributed by atoms with Crippen molar-refractivity contribution in [2.24, 2.45) is 12.8 Å². The topological polar surface area (TPSA) is 60.0 Å². The molecule has 0 aromatic carbocycles. The fourth-order valence-corrected chi connectivity index (χ4v) is 2.77. The highest BCUT2D eigenvalue weighted by Crippen LogP contribution is 2.23. The number of nitrogens with zero attached hydrogens (tertiary/aromatic N) is 4. The quantitative estimate of drug-likeness (QED) is 0.887. The second-order valence-corrected chi connectivity index (χ2v) is 5.36. The number of likely N-dealkylation sites (N-methyl/N-ethyl adjacent to an activating group) is 1. The molecule has 0 spiro atoms. The highest BCUT2D eigenvalue weighted by atomic mass is 32.1. The minimum absolute atomic E-state index is 0.0397. The maximum atomic E-state index is 6.11. The first-order valence-corrected chi connectivity index (χ1v) is 6.83. The zero-order valence-electron chi connectivity index (χ0n) is 10.9. The number of hydrogen-bond donors (Lipinski definition) is 1. The van der Waals surface area contributed by atoms with Crippen LogP contribution in [0.1, 0.15) is 24.2 Å². The Morgan fingerprint density at radius 1 is 1.56 bits per heavy atom. The molecule has 0 aliphatic carbocycles. The van der Waals surface area contributed by atoms with Crippen LogP contribution in [0.2, 0.25) is 0 Å². The molecule has 5 nitrogen and oxygen atoms in total. The summed E-state index contributed by atoms with van der Waals surface area (Å²) in [6.07, 6.45) is 3.90. The number of nitrogens with two attached hydrogens (primary N) is 1. The molecule has 2 rings (SSSR count). The van der Waals surface area contributed by atoms with Crippen molar-refractivity contribution in [3.8, 4) is 0 Å². The smallest absolute Gasteiger partial charge is 0.0795 e. The molecule has 0 aliphatic rings. The fourth-order valence-electron chi connectivity index (χ4n) is 2.22. The minimum atomic E-state index is 0.0397. The van der Waals surface area contributed by atoms with Gasteiger partial charge in [0.2, 0.25) is 0 Å². The van der Waals surface area contributed by atoms with Gasteiger partial charge < -0.3 is 5.73 Å². The van der Waals surface area contributed by atoms with Gasteiger partial charge in [-0.15, -0.1) is 11.3 Å². The summed E-state index contributed by atoms with van der Waals surface area (Å²) < 4.78 is 1.81. The Hall–Kier alpha value is -1.24. The number of hydrogen-bond acceptors (Lipinski definition) is 5. The van der Waals surface area contributed by atoms with Gasteiger partial charge in [-0.05, 0) is 14.0 Å². The lowest BCUT2D eigenvalue weighted by Gasteiger charge is -2.29. The van der Waals surface area contributed by atoms with Crippen LogP contribution in [0.5, 0.6) is 0 Å². The zero-order valence-corrected chi connectivity index (χ0v) is 11.8. The lowest BCUT2D eigenvalue weighted by Crippen LogP contribution is -2.36. The molecule has 0 radical (unpaired) electrons. The Morgan fingerprint density at radius 3 is 2.83 bits per heavy atom. The van der Waals surface area contributed by atoms with Crippen LogP contribution in [0, 0.1) is 0 Å². The van der Waals surface area contributed by atoms with Crippen molar-refractivity contribution in [1.82, 2.24) is 19.7 Å². The third kappa shape index (κ3) is 2.95. The van der Waals surface area contributed by atoms with Crippen LogP contribution in [0.3, 0.4) is 0 Å². The van der Waals surface area contributed by atoms with E-state index < -0.39 is 0 Å². The first-order valence-electron chi connectivity index (χ1n) is 5.89. The summed E-state index contributed by atoms with van der Waals surface area (Å²) in [6.45, 7) is 2.82. The summed E-state index contributed by atoms with van der Waals surface area (Å²) >= 11 is 1.62. The average Bonchev–Trinajstić information content (AvgIpc) is 2.90. The summed E-state index contributed by atoms with van der Waals surface area (Å²) in [6, 6.07) is 0.193. The number of aromatic nitrogens is 3. The Kier molecular flexibility index (Phi) is 4.11. The zero-order chi connectivity index (χ0) is 13.1. The van der Waals surface area contributed by atoms with Crippen molar-refractivity contribution in [2.45, 2.75) is 25.6 Å². The van der Waals surface area contributed by atoms with E-state index in [1.54, 1.807) is 16.0 Å². The molecule has 0 fully saturated rings. The number of rotatable bonds is 5. The van der Waals surface area contributed by atoms with E-state index in [9.17, 15) is 0 Å². The van der Waals surface area contributed by atoms with Crippen molar-refractivity contribution < 1.29 is 0 Å². The van der Waals surface area contributed by atoms with Gasteiger partial charge in [-0.1, -0.05) is 0 Å². The molecular weight excluding hydrogens is 246 g/mol. The van der Waals surface area contributed by atoms with Crippen molar-refractivity contribution in [1.29, 1.82) is 0 Å². The molecule has 6 heteroatoms. The Morgan fingerprint density at radius 2 is 2.33 bits per heavy atom. The molecule has 2 aromatic rings. The average molecular weight is 265 g/mol. The van der Waals surface area contributed by atoms with Crippen LogP contribution >= 0.6 is 11.3 Å². The van der Waals surface area contributed by atoms with Gasteiger partial charge in [-0.25, -0.2) is 4.98 Å². The van der Waals surface area contributed by atoms with Crippen molar-refractivity contribution in [3.05, 3.63) is 34.5 Å². The Bertz CT molecular complexity index is 476. The van der Waals surface area contributed by atoms with Crippen LogP contribution in [-0.4, -0.2) is 32.8 Å². The highest BCUT2D eigenvalue weighted by Gasteiger charge is 2.22. The summed E-state index contributed by atoms with van der Waals surface area (Å²) in [7, 11) is 3.99. The van der Waals surface area contributed by atoms with Gasteiger partial charge in [-0.2, -0.15) is 5.10 Å². The van der Waals surface area contributed by atoms with Crippen LogP contribution in [0.4, 0.5) is 0 Å². The van der Waals surface area contributed by atoms with Crippen LogP contribution in [-0.2, 0) is 13.6 Å². The molecule has 0 amide bonds. The summed E-state index contributed by atoms with van der Waals surface area (Å²) in [5, 5.41) is 6.29. The fraction of sp³-hybridized carbons (Fsp3) is 0.500. The maximum Gasteiger partial charge on any atom is 0.0795 e. The number of thiazole rings is 1. The second kappa shape index (κ2) is 5.60. The van der Waals surface area contributed by atoms with Crippen molar-refractivity contribution in [2.75, 3.05) is 7.05 Å². The van der Waals surface area contributed by atoms with E-state index in [1.807, 2.05) is 31.9 Å². The maximum absolute atomic E-state index is 6.11. The van der Waals surface area contributed by atoms with Crippen LogP contribution < -0.4 is 5.73 Å². The van der Waals surface area contributed by atoms with E-state index in [-0.39, 0.29) is 12.1 Å². The molecule has 0 saturated heterocycles. The molecule has 2 aromatic heterocycles. The molecule has 2 N–H and O–H groups in total. The highest BCUT2D eigenvalue weighted by molar-refractivity contribution is 7.07. The third-order valence-corrected chi connectivity index (χ3v) is 3.57. The first kappa shape index (κ1) is 13.2. The molecule has 2 heterocycles. The standard InChI is InChI=1S/C12H19N5S/c1-9(13)12(10-4-15-17(3)5-10)16(2)6-11-7-18-8-14-11/h4-5,7-9,12H,6,13H2,1-3H3. The summed E-state index contributed by atoms with van der Waals surface area (Å²) in [5.74, 6) is 0. The SMILES string of the molecule is CC(N)C(c1cnn(C)c1)N(C)Cc1cscn1. The van der Waals surface area contributed by atoms with Crippen molar-refractivity contribution >= 4 is 11.3 Å². The van der Waals surface area contributed by atoms with E-state index in [0.717, 1.165) is 17.8 Å². The van der Waals surface area contributed by atoms with E-state index >= 15 is 0 Å². The van der Waals surface area contributed by atoms with Gasteiger partial charge in [0.05, 0.1) is 23.4 Å². The van der Waals surface area contributed by atoms with Crippen LogP contribution in [0.15, 0.2) is 23.3 Å². The van der Waals surface area contributed by atoms with Gasteiger partial charge in [0.25, 0.3) is 0 Å². The van der Waals surface area contributed by atoms with Gasteiger partial charge in [0, 0.05) is 36.8 Å². The molecule has 2 unspecified atom stereocenters. The lowest BCUT2D eigenvalue weighted by atomic mass is 10.0. The van der Waals surface area contributed by atoms with Gasteiger partial charge in [0.1, 0.15) is 0 Å². The van der Waals surface area contributed by atoms with Crippen molar-refractivity contribution in [3.63, 3.8) is 0 Å². The molecule has 98 valence electrons. The molecule has 0 bridgehead atoms. The van der Waals surface area contributed by atoms with E-state index in [4.69, 9.17) is 5.73 Å². The first-order chi connectivity index (χ1) is 8.58. The molecular formula is C12H19N5S. The van der Waals surface area contributed by atoms with Gasteiger partial charge in [-0.3, -0.25) is 9.58 Å². The molecule has 0 saturated carbocycles. The number of aryl methyl sites for hydroxylation is 1. The summed E-state index contributed by atoms with van der Waals surface area (Å²) in [4.78, 5) is 6.53. The largest absolute Gasteiger partial charge is 0.326 e.